The minimum Gasteiger partial charge on any atom is -0.361 e. The summed E-state index contributed by atoms with van der Waals surface area (Å²) in [6, 6.07) is 10.1. The lowest BCUT2D eigenvalue weighted by Gasteiger charge is -2.15. The molecule has 1 aliphatic rings. The Morgan fingerprint density at radius 1 is 1.25 bits per heavy atom. The Labute approximate surface area is 143 Å². The second-order valence-corrected chi connectivity index (χ2v) is 6.80. The van der Waals surface area contributed by atoms with Crippen LogP contribution in [0.25, 0.3) is 10.9 Å². The molecule has 3 nitrogen and oxygen atoms in total. The van der Waals surface area contributed by atoms with Crippen LogP contribution in [0.4, 0.5) is 10.1 Å². The van der Waals surface area contributed by atoms with Crippen LogP contribution in [-0.2, 0) is 10.2 Å². The molecule has 1 amide bonds. The van der Waals surface area contributed by atoms with Gasteiger partial charge in [0.05, 0.1) is 5.41 Å². The van der Waals surface area contributed by atoms with Crippen LogP contribution in [0, 0.1) is 12.7 Å². The number of H-pyrrole nitrogens is 1. The number of hydrogen-bond donors (Lipinski definition) is 2. The smallest absolute Gasteiger partial charge is 0.235 e. The molecule has 1 aromatic heterocycles. The van der Waals surface area contributed by atoms with Crippen LogP contribution in [-0.4, -0.2) is 10.9 Å². The molecule has 2 aromatic carbocycles. The summed E-state index contributed by atoms with van der Waals surface area (Å²) in [5.41, 5.74) is 2.73. The molecule has 2 N–H and O–H groups in total. The molecular formula is C19H16ClFN2O. The lowest BCUT2D eigenvalue weighted by molar-refractivity contribution is -0.118. The van der Waals surface area contributed by atoms with Crippen LogP contribution < -0.4 is 5.32 Å². The fourth-order valence-electron chi connectivity index (χ4n) is 3.15. The largest absolute Gasteiger partial charge is 0.361 e. The first-order chi connectivity index (χ1) is 11.5. The van der Waals surface area contributed by atoms with Crippen LogP contribution >= 0.6 is 11.6 Å². The van der Waals surface area contributed by atoms with Crippen molar-refractivity contribution < 1.29 is 9.18 Å². The van der Waals surface area contributed by atoms with Gasteiger partial charge in [0.25, 0.3) is 0 Å². The first-order valence-corrected chi connectivity index (χ1v) is 8.22. The topological polar surface area (TPSA) is 44.9 Å². The van der Waals surface area contributed by atoms with Crippen molar-refractivity contribution in [3.05, 3.63) is 64.6 Å². The quantitative estimate of drug-likeness (QED) is 0.695. The van der Waals surface area contributed by atoms with E-state index in [-0.39, 0.29) is 11.7 Å². The molecule has 0 saturated heterocycles. The van der Waals surface area contributed by atoms with E-state index in [9.17, 15) is 9.18 Å². The molecule has 1 heterocycles. The first-order valence-electron chi connectivity index (χ1n) is 7.84. The van der Waals surface area contributed by atoms with Crippen LogP contribution in [0.5, 0.6) is 0 Å². The Bertz CT molecular complexity index is 959. The van der Waals surface area contributed by atoms with Crippen LogP contribution in [0.2, 0.25) is 5.02 Å². The van der Waals surface area contributed by atoms with Gasteiger partial charge in [0.15, 0.2) is 0 Å². The molecule has 1 saturated carbocycles. The molecule has 0 radical (unpaired) electrons. The number of aryl methyl sites for hydroxylation is 1. The van der Waals surface area contributed by atoms with Crippen molar-refractivity contribution in [3.8, 4) is 0 Å². The molecule has 24 heavy (non-hydrogen) atoms. The van der Waals surface area contributed by atoms with E-state index in [4.69, 9.17) is 11.6 Å². The number of fused-ring (bicyclic) bond motifs is 1. The summed E-state index contributed by atoms with van der Waals surface area (Å²) in [5.74, 6) is -0.377. The highest BCUT2D eigenvalue weighted by molar-refractivity contribution is 6.31. The molecule has 1 fully saturated rings. The van der Waals surface area contributed by atoms with Crippen molar-refractivity contribution in [1.82, 2.24) is 4.98 Å². The Balaban J connectivity index is 1.68. The van der Waals surface area contributed by atoms with E-state index in [0.717, 1.165) is 34.9 Å². The molecule has 1 aliphatic carbocycles. The number of carbonyl (C=O) groups excluding carboxylic acids is 1. The first kappa shape index (κ1) is 15.2. The number of amides is 1. The SMILES string of the molecule is Cc1ccc(NC(=O)C2(c3c[nH]c4ccc(F)cc34)CC2)cc1Cl. The molecular weight excluding hydrogens is 327 g/mol. The van der Waals surface area contributed by atoms with Gasteiger partial charge in [0, 0.05) is 27.8 Å². The number of nitrogens with one attached hydrogen (secondary N) is 2. The fraction of sp³-hybridized carbons (Fsp3) is 0.211. The maximum Gasteiger partial charge on any atom is 0.235 e. The van der Waals surface area contributed by atoms with Gasteiger partial charge in [0.2, 0.25) is 5.91 Å². The second-order valence-electron chi connectivity index (χ2n) is 6.39. The molecule has 4 rings (SSSR count). The maximum atomic E-state index is 13.6. The average molecular weight is 343 g/mol. The molecule has 0 unspecified atom stereocenters. The van der Waals surface area contributed by atoms with Crippen LogP contribution in [0.3, 0.4) is 0 Å². The van der Waals surface area contributed by atoms with E-state index in [1.807, 2.05) is 25.3 Å². The number of anilines is 1. The van der Waals surface area contributed by atoms with E-state index in [1.54, 1.807) is 12.1 Å². The van der Waals surface area contributed by atoms with Gasteiger partial charge >= 0.3 is 0 Å². The summed E-state index contributed by atoms with van der Waals surface area (Å²) in [5, 5.41) is 4.33. The summed E-state index contributed by atoms with van der Waals surface area (Å²) in [7, 11) is 0. The number of aromatic amines is 1. The third-order valence-electron chi connectivity index (χ3n) is 4.77. The average Bonchev–Trinajstić information content (AvgIpc) is 3.25. The lowest BCUT2D eigenvalue weighted by Crippen LogP contribution is -2.27. The second kappa shape index (κ2) is 5.35. The highest BCUT2D eigenvalue weighted by atomic mass is 35.5. The summed E-state index contributed by atoms with van der Waals surface area (Å²) < 4.78 is 13.6. The third kappa shape index (κ3) is 2.38. The monoisotopic (exact) mass is 342 g/mol. The standard InChI is InChI=1S/C19H16ClFN2O/c1-11-2-4-13(9-16(11)20)23-18(24)19(6-7-19)15-10-22-17-5-3-12(21)8-14(15)17/h2-5,8-10,22H,6-7H2,1H3,(H,23,24). The van der Waals surface area contributed by atoms with Crippen molar-refractivity contribution in [2.75, 3.05) is 5.32 Å². The molecule has 3 aromatic rings. The highest BCUT2D eigenvalue weighted by Gasteiger charge is 2.52. The van der Waals surface area contributed by atoms with E-state index in [2.05, 4.69) is 10.3 Å². The Morgan fingerprint density at radius 3 is 2.75 bits per heavy atom. The summed E-state index contributed by atoms with van der Waals surface area (Å²) in [6.07, 6.45) is 3.32. The van der Waals surface area contributed by atoms with Crippen LogP contribution in [0.1, 0.15) is 24.0 Å². The van der Waals surface area contributed by atoms with E-state index in [0.29, 0.717) is 10.7 Å². The van der Waals surface area contributed by atoms with Gasteiger partial charge in [-0.05, 0) is 61.2 Å². The molecule has 0 atom stereocenters. The lowest BCUT2D eigenvalue weighted by atomic mass is 9.94. The number of carbonyl (C=O) groups is 1. The molecule has 122 valence electrons. The van der Waals surface area contributed by atoms with Gasteiger partial charge in [-0.15, -0.1) is 0 Å². The molecule has 0 bridgehead atoms. The minimum atomic E-state index is -0.594. The Hall–Kier alpha value is -2.33. The molecule has 0 spiro atoms. The van der Waals surface area contributed by atoms with Crippen molar-refractivity contribution in [2.24, 2.45) is 0 Å². The predicted octanol–water partition coefficient (Wildman–Crippen LogP) is 4.94. The zero-order valence-electron chi connectivity index (χ0n) is 13.1. The van der Waals surface area contributed by atoms with Crippen LogP contribution in [0.15, 0.2) is 42.6 Å². The molecule has 5 heteroatoms. The summed E-state index contributed by atoms with van der Waals surface area (Å²) in [6.45, 7) is 1.91. The van der Waals surface area contributed by atoms with Gasteiger partial charge in [0.1, 0.15) is 5.82 Å². The number of hydrogen-bond acceptors (Lipinski definition) is 1. The van der Waals surface area contributed by atoms with E-state index in [1.165, 1.54) is 12.1 Å². The van der Waals surface area contributed by atoms with Crippen molar-refractivity contribution in [3.63, 3.8) is 0 Å². The van der Waals surface area contributed by atoms with Crippen molar-refractivity contribution in [2.45, 2.75) is 25.2 Å². The Morgan fingerprint density at radius 2 is 2.04 bits per heavy atom. The zero-order valence-corrected chi connectivity index (χ0v) is 13.9. The van der Waals surface area contributed by atoms with E-state index >= 15 is 0 Å². The third-order valence-corrected chi connectivity index (χ3v) is 5.18. The normalized spacial score (nSPS) is 15.5. The van der Waals surface area contributed by atoms with Gasteiger partial charge in [-0.25, -0.2) is 4.39 Å². The maximum absolute atomic E-state index is 13.6. The number of halogens is 2. The van der Waals surface area contributed by atoms with Gasteiger partial charge in [-0.2, -0.15) is 0 Å². The minimum absolute atomic E-state index is 0.0763. The van der Waals surface area contributed by atoms with Crippen molar-refractivity contribution >= 4 is 34.1 Å². The van der Waals surface area contributed by atoms with Crippen molar-refractivity contribution in [1.29, 1.82) is 0 Å². The highest BCUT2D eigenvalue weighted by Crippen LogP contribution is 2.51. The Kier molecular flexibility index (Phi) is 3.39. The van der Waals surface area contributed by atoms with E-state index < -0.39 is 5.41 Å². The summed E-state index contributed by atoms with van der Waals surface area (Å²) in [4.78, 5) is 16.0. The predicted molar refractivity (Wildman–Crippen MR) is 94.0 cm³/mol. The number of benzene rings is 2. The fourth-order valence-corrected chi connectivity index (χ4v) is 3.33. The van der Waals surface area contributed by atoms with Gasteiger partial charge in [-0.3, -0.25) is 4.79 Å². The van der Waals surface area contributed by atoms with Gasteiger partial charge < -0.3 is 10.3 Å². The van der Waals surface area contributed by atoms with Gasteiger partial charge in [-0.1, -0.05) is 17.7 Å². The summed E-state index contributed by atoms with van der Waals surface area (Å²) >= 11 is 6.12. The number of aromatic nitrogens is 1. The molecule has 0 aliphatic heterocycles. The number of rotatable bonds is 3. The zero-order chi connectivity index (χ0) is 16.9.